The van der Waals surface area contributed by atoms with E-state index in [4.69, 9.17) is 37.0 Å². The number of fused-ring (bicyclic) bond motifs is 4. The van der Waals surface area contributed by atoms with Crippen LogP contribution >= 0.6 is 11.6 Å². The molecule has 1 unspecified atom stereocenters. The quantitative estimate of drug-likeness (QED) is 0.466. The molecule has 7 rings (SSSR count). The fraction of sp³-hybridized carbons (Fsp3) is 0.600. The number of hydrogen-bond donors (Lipinski definition) is 1. The van der Waals surface area contributed by atoms with Gasteiger partial charge in [0.05, 0.1) is 34.1 Å². The first-order valence-electron chi connectivity index (χ1n) is 17.0. The molecule has 2 N–H and O–H groups in total. The van der Waals surface area contributed by atoms with E-state index in [2.05, 4.69) is 46.0 Å². The summed E-state index contributed by atoms with van der Waals surface area (Å²) in [6, 6.07) is 9.15. The number of amides is 1. The normalized spacial score (nSPS) is 28.2. The van der Waals surface area contributed by atoms with E-state index < -0.39 is 6.17 Å². The molecule has 2 saturated heterocycles. The minimum absolute atomic E-state index is 0.0215. The lowest BCUT2D eigenvalue weighted by atomic mass is 9.71. The molecule has 1 aromatic heterocycles. The minimum atomic E-state index is -0.833. The largest absolute Gasteiger partial charge is 0.461 e. The fourth-order valence-corrected chi connectivity index (χ4v) is 8.85. The van der Waals surface area contributed by atoms with Gasteiger partial charge in [0.1, 0.15) is 24.3 Å². The van der Waals surface area contributed by atoms with Crippen molar-refractivity contribution in [2.24, 2.45) is 10.7 Å². The van der Waals surface area contributed by atoms with Crippen LogP contribution in [0.2, 0.25) is 0 Å². The van der Waals surface area contributed by atoms with Gasteiger partial charge in [-0.1, -0.05) is 35.9 Å². The van der Waals surface area contributed by atoms with Crippen molar-refractivity contribution >= 4 is 29.0 Å². The van der Waals surface area contributed by atoms with E-state index in [0.29, 0.717) is 57.5 Å². The molecule has 10 nitrogen and oxygen atoms in total. The van der Waals surface area contributed by atoms with Crippen molar-refractivity contribution < 1.29 is 13.9 Å². The van der Waals surface area contributed by atoms with E-state index in [9.17, 15) is 9.18 Å². The van der Waals surface area contributed by atoms with E-state index >= 15 is 0 Å². The lowest BCUT2D eigenvalue weighted by Gasteiger charge is -2.49. The van der Waals surface area contributed by atoms with Crippen molar-refractivity contribution in [1.29, 1.82) is 0 Å². The van der Waals surface area contributed by atoms with Crippen LogP contribution in [0.3, 0.4) is 0 Å². The molecule has 0 bridgehead atoms. The highest BCUT2D eigenvalue weighted by Crippen LogP contribution is 2.47. The molecule has 0 saturated carbocycles. The number of carbonyl (C=O) groups is 1. The first kappa shape index (κ1) is 32.3. The molecule has 2 aromatic rings. The second-order valence-electron chi connectivity index (χ2n) is 14.2. The molecule has 47 heavy (non-hydrogen) atoms. The second kappa shape index (κ2) is 12.6. The smallest absolute Gasteiger partial charge is 0.318 e. The Hall–Kier alpha value is -3.28. The molecule has 5 aliphatic rings. The molecular formula is C35H46ClFN8O2. The molecule has 5 heterocycles. The Bertz CT molecular complexity index is 1620. The van der Waals surface area contributed by atoms with Crippen molar-refractivity contribution in [1.82, 2.24) is 24.7 Å². The summed E-state index contributed by atoms with van der Waals surface area (Å²) in [5, 5.41) is 0.173. The minimum Gasteiger partial charge on any atom is -0.461 e. The number of nitrogens with zero attached hydrogens (tertiary/aromatic N) is 7. The molecule has 12 heteroatoms. The average molecular weight is 665 g/mol. The summed E-state index contributed by atoms with van der Waals surface area (Å²) >= 11 is 6.75. The van der Waals surface area contributed by atoms with Crippen LogP contribution in [0, 0.1) is 0 Å². The maximum atomic E-state index is 14.6. The summed E-state index contributed by atoms with van der Waals surface area (Å²) in [6.07, 6.45) is 6.39. The van der Waals surface area contributed by atoms with Crippen molar-refractivity contribution in [3.63, 3.8) is 0 Å². The van der Waals surface area contributed by atoms with Crippen LogP contribution in [0.4, 0.5) is 10.2 Å². The SMILES string of the molecule is CN(C)C(=O)C(N)=C(Cl)C1=NCCCN(c2nc(OC[C@@]34CCCN3CC(F)C4)nc3c2CN(C)[C@@]2(CCCc4ccccc42)C3)C1. The van der Waals surface area contributed by atoms with Crippen LogP contribution in [0.1, 0.15) is 60.9 Å². The van der Waals surface area contributed by atoms with Crippen molar-refractivity contribution in [3.8, 4) is 6.01 Å². The zero-order valence-corrected chi connectivity index (χ0v) is 28.5. The number of anilines is 1. The van der Waals surface area contributed by atoms with Crippen molar-refractivity contribution in [2.45, 2.75) is 75.2 Å². The van der Waals surface area contributed by atoms with E-state index in [0.717, 1.165) is 68.6 Å². The Morgan fingerprint density at radius 2 is 1.98 bits per heavy atom. The summed E-state index contributed by atoms with van der Waals surface area (Å²) in [5.41, 5.74) is 11.1. The molecule has 4 aliphatic heterocycles. The maximum absolute atomic E-state index is 14.6. The number of nitrogens with two attached hydrogens (primary N) is 1. The van der Waals surface area contributed by atoms with Crippen LogP contribution in [0.15, 0.2) is 40.0 Å². The number of aromatic nitrogens is 2. The van der Waals surface area contributed by atoms with Gasteiger partial charge in [0, 0.05) is 58.7 Å². The van der Waals surface area contributed by atoms with Gasteiger partial charge >= 0.3 is 6.01 Å². The highest BCUT2D eigenvalue weighted by atomic mass is 35.5. The summed E-state index contributed by atoms with van der Waals surface area (Å²) < 4.78 is 21.1. The second-order valence-corrected chi connectivity index (χ2v) is 14.6. The first-order chi connectivity index (χ1) is 22.6. The van der Waals surface area contributed by atoms with Gasteiger partial charge in [0.25, 0.3) is 5.91 Å². The molecule has 2 fully saturated rings. The van der Waals surface area contributed by atoms with Gasteiger partial charge in [0.2, 0.25) is 0 Å². The summed E-state index contributed by atoms with van der Waals surface area (Å²) in [6.45, 7) is 4.01. The topological polar surface area (TPSA) is 103 Å². The average Bonchev–Trinajstić information content (AvgIpc) is 3.47. The third kappa shape index (κ3) is 5.78. The zero-order valence-electron chi connectivity index (χ0n) is 27.8. The third-order valence-corrected chi connectivity index (χ3v) is 11.5. The predicted octanol–water partition coefficient (Wildman–Crippen LogP) is 3.80. The number of aliphatic imine (C=N–C) groups is 1. The van der Waals surface area contributed by atoms with Crippen molar-refractivity contribution in [2.75, 3.05) is 65.4 Å². The third-order valence-electron chi connectivity index (χ3n) is 11.1. The lowest BCUT2D eigenvalue weighted by molar-refractivity contribution is -0.124. The van der Waals surface area contributed by atoms with Gasteiger partial charge in [-0.2, -0.15) is 9.97 Å². The Morgan fingerprint density at radius 3 is 2.81 bits per heavy atom. The maximum Gasteiger partial charge on any atom is 0.318 e. The van der Waals surface area contributed by atoms with Gasteiger partial charge in [0.15, 0.2) is 0 Å². The summed E-state index contributed by atoms with van der Waals surface area (Å²) in [7, 11) is 5.50. The van der Waals surface area contributed by atoms with E-state index in [1.165, 1.54) is 16.0 Å². The number of benzene rings is 1. The first-order valence-corrected chi connectivity index (χ1v) is 17.3. The molecule has 1 amide bonds. The Kier molecular flexibility index (Phi) is 8.68. The highest BCUT2D eigenvalue weighted by molar-refractivity contribution is 6.45. The monoisotopic (exact) mass is 664 g/mol. The number of rotatable bonds is 6. The van der Waals surface area contributed by atoms with Gasteiger partial charge in [-0.25, -0.2) is 4.39 Å². The fourth-order valence-electron chi connectivity index (χ4n) is 8.65. The lowest BCUT2D eigenvalue weighted by Crippen LogP contribution is -2.51. The number of alkyl halides is 1. The summed E-state index contributed by atoms with van der Waals surface area (Å²) in [5.74, 6) is 0.439. The summed E-state index contributed by atoms with van der Waals surface area (Å²) in [4.78, 5) is 36.0. The number of carbonyl (C=O) groups excluding carboxylic acids is 1. The van der Waals surface area contributed by atoms with Gasteiger partial charge in [-0.3, -0.25) is 19.6 Å². The number of halogens is 2. The molecule has 252 valence electrons. The molecule has 1 aromatic carbocycles. The molecule has 1 spiro atoms. The number of aryl methyl sites for hydroxylation is 1. The van der Waals surface area contributed by atoms with Gasteiger partial charge in [-0.15, -0.1) is 0 Å². The van der Waals surface area contributed by atoms with Crippen LogP contribution in [-0.4, -0.2) is 108 Å². The molecule has 3 atom stereocenters. The molecule has 1 aliphatic carbocycles. The van der Waals surface area contributed by atoms with E-state index in [1.807, 2.05) is 0 Å². The van der Waals surface area contributed by atoms with Crippen LogP contribution in [0.5, 0.6) is 6.01 Å². The Balaban J connectivity index is 1.27. The van der Waals surface area contributed by atoms with E-state index in [1.54, 1.807) is 14.1 Å². The number of ether oxygens (including phenoxy) is 1. The van der Waals surface area contributed by atoms with Crippen LogP contribution < -0.4 is 15.4 Å². The molecule has 0 radical (unpaired) electrons. The Morgan fingerprint density at radius 1 is 1.15 bits per heavy atom. The van der Waals surface area contributed by atoms with E-state index in [-0.39, 0.29) is 27.7 Å². The number of hydrogen-bond acceptors (Lipinski definition) is 9. The zero-order chi connectivity index (χ0) is 32.9. The molecular weight excluding hydrogens is 619 g/mol. The Labute approximate surface area is 281 Å². The van der Waals surface area contributed by atoms with Crippen molar-refractivity contribution in [3.05, 3.63) is 57.4 Å². The highest BCUT2D eigenvalue weighted by Gasteiger charge is 2.50. The standard InChI is InChI=1S/C35H46ClFN8O2/c1-42(2)32(46)30(38)29(36)28-21-44(15-8-14-39-28)31-25-20-43(3)35(13-6-10-23-9-4-5-11-26(23)35)18-27(25)40-33(41-31)47-22-34-12-7-16-45(34)19-24(37)17-34/h4-5,9,11,24H,6-8,10,12-22,38H2,1-3H3/t24?,34-,35-/m0/s1. The number of likely N-dealkylation sites (N-methyl/N-ethyl adjacent to an activating group) is 2. The van der Waals surface area contributed by atoms with Gasteiger partial charge < -0.3 is 20.3 Å². The van der Waals surface area contributed by atoms with Crippen LogP contribution in [0.25, 0.3) is 0 Å². The van der Waals surface area contributed by atoms with Gasteiger partial charge in [-0.05, 0) is 63.2 Å². The van der Waals surface area contributed by atoms with Crippen LogP contribution in [-0.2, 0) is 29.7 Å². The predicted molar refractivity (Wildman–Crippen MR) is 182 cm³/mol.